The molecule has 0 radical (unpaired) electrons. The molecule has 0 aromatic heterocycles. The van der Waals surface area contributed by atoms with E-state index < -0.39 is 16.6 Å². The average Bonchev–Trinajstić information content (AvgIpc) is 2.39. The molecule has 0 aliphatic heterocycles. The first-order valence-electron chi connectivity index (χ1n) is 5.52. The molecule has 3 nitrogen and oxygen atoms in total. The van der Waals surface area contributed by atoms with Crippen LogP contribution in [0.2, 0.25) is 0 Å². The minimum absolute atomic E-state index is 0.187. The van der Waals surface area contributed by atoms with Crippen molar-refractivity contribution >= 4 is 16.5 Å². The SMILES string of the molecule is N#Cc1ccc(CS(=O)c2ccc(F)cc2N)cc1. The monoisotopic (exact) mass is 274 g/mol. The Morgan fingerprint density at radius 2 is 1.89 bits per heavy atom. The molecule has 2 rings (SSSR count). The van der Waals surface area contributed by atoms with Crippen LogP contribution in [0.25, 0.3) is 0 Å². The Morgan fingerprint density at radius 1 is 1.21 bits per heavy atom. The van der Waals surface area contributed by atoms with E-state index in [-0.39, 0.29) is 11.4 Å². The molecule has 0 fully saturated rings. The van der Waals surface area contributed by atoms with Crippen LogP contribution in [0.1, 0.15) is 11.1 Å². The number of nitrogen functional groups attached to an aromatic ring is 1. The fourth-order valence-electron chi connectivity index (χ4n) is 1.63. The maximum atomic E-state index is 12.9. The van der Waals surface area contributed by atoms with Gasteiger partial charge in [-0.15, -0.1) is 0 Å². The van der Waals surface area contributed by atoms with Crippen LogP contribution in [0, 0.1) is 17.1 Å². The molecular formula is C14H11FN2OS. The third-order valence-corrected chi connectivity index (χ3v) is 4.06. The second kappa shape index (κ2) is 5.63. The smallest absolute Gasteiger partial charge is 0.125 e. The van der Waals surface area contributed by atoms with Crippen molar-refractivity contribution in [3.63, 3.8) is 0 Å². The highest BCUT2D eigenvalue weighted by Crippen LogP contribution is 2.20. The van der Waals surface area contributed by atoms with Crippen molar-refractivity contribution in [2.24, 2.45) is 0 Å². The lowest BCUT2D eigenvalue weighted by molar-refractivity contribution is 0.627. The van der Waals surface area contributed by atoms with Crippen molar-refractivity contribution in [3.05, 3.63) is 59.4 Å². The van der Waals surface area contributed by atoms with E-state index in [1.165, 1.54) is 12.1 Å². The van der Waals surface area contributed by atoms with Crippen molar-refractivity contribution < 1.29 is 8.60 Å². The van der Waals surface area contributed by atoms with Crippen molar-refractivity contribution in [3.8, 4) is 6.07 Å². The van der Waals surface area contributed by atoms with Gasteiger partial charge in [-0.05, 0) is 35.9 Å². The van der Waals surface area contributed by atoms with Crippen molar-refractivity contribution in [1.29, 1.82) is 5.26 Å². The molecule has 5 heteroatoms. The lowest BCUT2D eigenvalue weighted by Gasteiger charge is -2.06. The summed E-state index contributed by atoms with van der Waals surface area (Å²) in [5, 5.41) is 8.69. The zero-order valence-corrected chi connectivity index (χ0v) is 10.8. The zero-order chi connectivity index (χ0) is 13.8. The molecule has 0 aliphatic carbocycles. The third-order valence-electron chi connectivity index (χ3n) is 2.60. The fourth-order valence-corrected chi connectivity index (χ4v) is 2.82. The van der Waals surface area contributed by atoms with Crippen LogP contribution >= 0.6 is 0 Å². The Bertz CT molecular complexity index is 662. The molecule has 0 saturated heterocycles. The van der Waals surface area contributed by atoms with Gasteiger partial charge in [-0.3, -0.25) is 4.21 Å². The van der Waals surface area contributed by atoms with E-state index >= 15 is 0 Å². The molecule has 0 heterocycles. The summed E-state index contributed by atoms with van der Waals surface area (Å²) in [6.45, 7) is 0. The molecule has 0 spiro atoms. The summed E-state index contributed by atoms with van der Waals surface area (Å²) in [5.74, 6) is -0.168. The van der Waals surface area contributed by atoms with Gasteiger partial charge in [0, 0.05) is 0 Å². The van der Waals surface area contributed by atoms with Gasteiger partial charge in [-0.25, -0.2) is 4.39 Å². The molecular weight excluding hydrogens is 263 g/mol. The predicted octanol–water partition coefficient (Wildman–Crippen LogP) is 2.59. The Kier molecular flexibility index (Phi) is 3.93. The fraction of sp³-hybridized carbons (Fsp3) is 0.0714. The molecule has 2 aromatic rings. The number of nitrogens with two attached hydrogens (primary N) is 1. The van der Waals surface area contributed by atoms with Gasteiger partial charge in [0.15, 0.2) is 0 Å². The standard InChI is InChI=1S/C14H11FN2OS/c15-12-5-6-14(13(17)7-12)19(18)9-11-3-1-10(8-16)2-4-11/h1-7H,9,17H2. The van der Waals surface area contributed by atoms with Gasteiger partial charge in [0.2, 0.25) is 0 Å². The summed E-state index contributed by atoms with van der Waals surface area (Å²) in [6.07, 6.45) is 0. The minimum atomic E-state index is -1.34. The number of hydrogen-bond acceptors (Lipinski definition) is 3. The zero-order valence-electron chi connectivity index (χ0n) is 9.97. The summed E-state index contributed by atoms with van der Waals surface area (Å²) in [6, 6.07) is 12.7. The van der Waals surface area contributed by atoms with E-state index in [9.17, 15) is 8.60 Å². The minimum Gasteiger partial charge on any atom is -0.398 e. The summed E-state index contributed by atoms with van der Waals surface area (Å²) in [5.41, 5.74) is 7.22. The van der Waals surface area contributed by atoms with E-state index in [1.807, 2.05) is 6.07 Å². The van der Waals surface area contributed by atoms with Crippen molar-refractivity contribution in [2.45, 2.75) is 10.6 Å². The maximum absolute atomic E-state index is 12.9. The lowest BCUT2D eigenvalue weighted by Crippen LogP contribution is -2.01. The first-order chi connectivity index (χ1) is 9.10. The van der Waals surface area contributed by atoms with Gasteiger partial charge < -0.3 is 5.73 Å². The second-order valence-electron chi connectivity index (χ2n) is 3.98. The Balaban J connectivity index is 2.18. The van der Waals surface area contributed by atoms with E-state index in [4.69, 9.17) is 11.0 Å². The van der Waals surface area contributed by atoms with E-state index in [1.54, 1.807) is 24.3 Å². The molecule has 0 saturated carbocycles. The average molecular weight is 274 g/mol. The Hall–Kier alpha value is -2.19. The van der Waals surface area contributed by atoms with Crippen LogP contribution < -0.4 is 5.73 Å². The van der Waals surface area contributed by atoms with Crippen LogP contribution in [-0.4, -0.2) is 4.21 Å². The summed E-state index contributed by atoms with van der Waals surface area (Å²) in [7, 11) is -1.34. The highest BCUT2D eigenvalue weighted by molar-refractivity contribution is 7.84. The number of hydrogen-bond donors (Lipinski definition) is 1. The maximum Gasteiger partial charge on any atom is 0.125 e. The molecule has 2 aromatic carbocycles. The van der Waals surface area contributed by atoms with Crippen LogP contribution in [-0.2, 0) is 16.6 Å². The van der Waals surface area contributed by atoms with Crippen LogP contribution in [0.15, 0.2) is 47.4 Å². The van der Waals surface area contributed by atoms with Crippen LogP contribution in [0.4, 0.5) is 10.1 Å². The van der Waals surface area contributed by atoms with Crippen LogP contribution in [0.5, 0.6) is 0 Å². The Morgan fingerprint density at radius 3 is 2.47 bits per heavy atom. The largest absolute Gasteiger partial charge is 0.398 e. The molecule has 1 atom stereocenters. The lowest BCUT2D eigenvalue weighted by atomic mass is 10.2. The number of nitriles is 1. The van der Waals surface area contributed by atoms with Gasteiger partial charge in [0.05, 0.1) is 38.8 Å². The predicted molar refractivity (Wildman–Crippen MR) is 72.1 cm³/mol. The summed E-state index contributed by atoms with van der Waals surface area (Å²) >= 11 is 0. The Labute approximate surface area is 112 Å². The van der Waals surface area contributed by atoms with Gasteiger partial charge in [-0.2, -0.15) is 5.26 Å². The molecule has 0 amide bonds. The summed E-state index contributed by atoms with van der Waals surface area (Å²) < 4.78 is 25.1. The van der Waals surface area contributed by atoms with Crippen LogP contribution in [0.3, 0.4) is 0 Å². The first-order valence-corrected chi connectivity index (χ1v) is 6.84. The van der Waals surface area contributed by atoms with E-state index in [0.29, 0.717) is 10.5 Å². The van der Waals surface area contributed by atoms with E-state index in [2.05, 4.69) is 0 Å². The second-order valence-corrected chi connectivity index (χ2v) is 5.40. The molecule has 0 bridgehead atoms. The molecule has 19 heavy (non-hydrogen) atoms. The van der Waals surface area contributed by atoms with Gasteiger partial charge in [-0.1, -0.05) is 12.1 Å². The van der Waals surface area contributed by atoms with Gasteiger partial charge in [0.25, 0.3) is 0 Å². The molecule has 96 valence electrons. The molecule has 0 aliphatic rings. The number of rotatable bonds is 3. The number of halogens is 1. The topological polar surface area (TPSA) is 66.9 Å². The highest BCUT2D eigenvalue weighted by atomic mass is 32.2. The normalized spacial score (nSPS) is 11.8. The highest BCUT2D eigenvalue weighted by Gasteiger charge is 2.09. The number of benzene rings is 2. The molecule has 1 unspecified atom stereocenters. The number of anilines is 1. The third kappa shape index (κ3) is 3.18. The van der Waals surface area contributed by atoms with Crippen molar-refractivity contribution in [2.75, 3.05) is 5.73 Å². The van der Waals surface area contributed by atoms with Gasteiger partial charge in [0.1, 0.15) is 5.82 Å². The first kappa shape index (κ1) is 13.2. The number of nitrogens with zero attached hydrogens (tertiary/aromatic N) is 1. The quantitative estimate of drug-likeness (QED) is 0.875. The van der Waals surface area contributed by atoms with E-state index in [0.717, 1.165) is 11.6 Å². The molecule has 2 N–H and O–H groups in total. The van der Waals surface area contributed by atoms with Crippen molar-refractivity contribution in [1.82, 2.24) is 0 Å². The van der Waals surface area contributed by atoms with Gasteiger partial charge >= 0.3 is 0 Å². The summed E-state index contributed by atoms with van der Waals surface area (Å²) in [4.78, 5) is 0.422.